The molecule has 168 valence electrons. The Hall–Kier alpha value is -4.65. The molecule has 0 aliphatic rings. The molecule has 0 bridgehead atoms. The van der Waals surface area contributed by atoms with E-state index in [-0.39, 0.29) is 22.6 Å². The molecule has 0 fully saturated rings. The maximum Gasteiger partial charge on any atom is 0.293 e. The third-order valence-corrected chi connectivity index (χ3v) is 5.42. The fraction of sp³-hybridized carbons (Fsp3) is 0.0741. The fourth-order valence-corrected chi connectivity index (χ4v) is 3.80. The molecule has 0 aliphatic heterocycles. The van der Waals surface area contributed by atoms with E-state index in [0.717, 1.165) is 17.2 Å². The second-order valence-corrected chi connectivity index (χ2v) is 8.05. The van der Waals surface area contributed by atoms with Gasteiger partial charge in [0.2, 0.25) is 5.76 Å². The van der Waals surface area contributed by atoms with Crippen molar-refractivity contribution in [3.63, 3.8) is 0 Å². The van der Waals surface area contributed by atoms with E-state index in [1.165, 1.54) is 0 Å². The first kappa shape index (κ1) is 21.2. The molecule has 7 heteroatoms. The fourth-order valence-electron chi connectivity index (χ4n) is 3.80. The van der Waals surface area contributed by atoms with E-state index in [1.807, 2.05) is 32.0 Å². The molecule has 0 spiro atoms. The van der Waals surface area contributed by atoms with Crippen LogP contribution in [0.3, 0.4) is 0 Å². The van der Waals surface area contributed by atoms with Gasteiger partial charge in [0.25, 0.3) is 11.8 Å². The van der Waals surface area contributed by atoms with Crippen molar-refractivity contribution >= 4 is 45.1 Å². The first-order valence-corrected chi connectivity index (χ1v) is 10.6. The Morgan fingerprint density at radius 1 is 0.706 bits per heavy atom. The molecule has 5 aromatic rings. The minimum atomic E-state index is -0.671. The van der Waals surface area contributed by atoms with Gasteiger partial charge in [0.05, 0.1) is 5.39 Å². The molecule has 0 unspecified atom stereocenters. The summed E-state index contributed by atoms with van der Waals surface area (Å²) in [6.07, 6.45) is 0. The Morgan fingerprint density at radius 2 is 1.47 bits per heavy atom. The summed E-state index contributed by atoms with van der Waals surface area (Å²) in [5.74, 6) is -1.42. The maximum absolute atomic E-state index is 13.1. The SMILES string of the molecule is Cc1cccc(NC(=O)c2oc3ccccc3c2NC(=O)c2cc(=O)c3cc(C)ccc3o2)c1. The van der Waals surface area contributed by atoms with Gasteiger partial charge in [-0.2, -0.15) is 0 Å². The van der Waals surface area contributed by atoms with Gasteiger partial charge in [-0.3, -0.25) is 14.4 Å². The number of rotatable bonds is 4. The molecule has 34 heavy (non-hydrogen) atoms. The van der Waals surface area contributed by atoms with Crippen molar-refractivity contribution in [3.05, 3.63) is 106 Å². The maximum atomic E-state index is 13.1. The van der Waals surface area contributed by atoms with Crippen LogP contribution in [-0.4, -0.2) is 11.8 Å². The van der Waals surface area contributed by atoms with E-state index in [2.05, 4.69) is 10.6 Å². The third kappa shape index (κ3) is 3.95. The summed E-state index contributed by atoms with van der Waals surface area (Å²) in [4.78, 5) is 38.7. The van der Waals surface area contributed by atoms with Crippen molar-refractivity contribution in [3.8, 4) is 0 Å². The highest BCUT2D eigenvalue weighted by Crippen LogP contribution is 2.32. The van der Waals surface area contributed by atoms with Crippen molar-refractivity contribution in [2.24, 2.45) is 0 Å². The number of benzene rings is 3. The molecule has 7 nitrogen and oxygen atoms in total. The van der Waals surface area contributed by atoms with Gasteiger partial charge in [0.1, 0.15) is 16.9 Å². The van der Waals surface area contributed by atoms with Crippen LogP contribution in [0.5, 0.6) is 0 Å². The minimum Gasteiger partial charge on any atom is -0.451 e. The molecule has 0 saturated heterocycles. The Labute approximate surface area is 194 Å². The summed E-state index contributed by atoms with van der Waals surface area (Å²) < 4.78 is 11.5. The van der Waals surface area contributed by atoms with E-state index < -0.39 is 11.8 Å². The summed E-state index contributed by atoms with van der Waals surface area (Å²) in [6, 6.07) is 20.6. The molecule has 5 rings (SSSR count). The molecule has 3 aromatic carbocycles. The van der Waals surface area contributed by atoms with Crippen LogP contribution in [0.4, 0.5) is 11.4 Å². The molecule has 2 N–H and O–H groups in total. The minimum absolute atomic E-state index is 0.0604. The van der Waals surface area contributed by atoms with Gasteiger partial charge in [-0.1, -0.05) is 35.9 Å². The van der Waals surface area contributed by atoms with Crippen LogP contribution in [-0.2, 0) is 0 Å². The number of anilines is 2. The van der Waals surface area contributed by atoms with Crippen LogP contribution in [0.25, 0.3) is 21.9 Å². The van der Waals surface area contributed by atoms with E-state index in [9.17, 15) is 14.4 Å². The van der Waals surface area contributed by atoms with Gasteiger partial charge in [-0.25, -0.2) is 0 Å². The monoisotopic (exact) mass is 452 g/mol. The highest BCUT2D eigenvalue weighted by atomic mass is 16.4. The van der Waals surface area contributed by atoms with Crippen LogP contribution in [0.2, 0.25) is 0 Å². The average Bonchev–Trinajstić information content (AvgIpc) is 3.18. The van der Waals surface area contributed by atoms with E-state index in [1.54, 1.807) is 48.5 Å². The number of carbonyl (C=O) groups excluding carboxylic acids is 2. The molecular weight excluding hydrogens is 432 g/mol. The zero-order valence-corrected chi connectivity index (χ0v) is 18.5. The van der Waals surface area contributed by atoms with Gasteiger partial charge in [-0.05, 0) is 55.8 Å². The summed E-state index contributed by atoms with van der Waals surface area (Å²) in [7, 11) is 0. The largest absolute Gasteiger partial charge is 0.451 e. The molecule has 0 aliphatic carbocycles. The van der Waals surface area contributed by atoms with E-state index >= 15 is 0 Å². The number of aryl methyl sites for hydroxylation is 2. The Balaban J connectivity index is 1.53. The lowest BCUT2D eigenvalue weighted by atomic mass is 10.1. The molecule has 2 heterocycles. The number of para-hydroxylation sites is 1. The van der Waals surface area contributed by atoms with Crippen LogP contribution < -0.4 is 16.1 Å². The Kier molecular flexibility index (Phi) is 5.22. The van der Waals surface area contributed by atoms with Crippen molar-refractivity contribution in [2.75, 3.05) is 10.6 Å². The van der Waals surface area contributed by atoms with Crippen molar-refractivity contribution < 1.29 is 18.4 Å². The highest BCUT2D eigenvalue weighted by molar-refractivity contribution is 6.16. The number of fused-ring (bicyclic) bond motifs is 2. The normalized spacial score (nSPS) is 11.0. The van der Waals surface area contributed by atoms with Crippen molar-refractivity contribution in [2.45, 2.75) is 13.8 Å². The summed E-state index contributed by atoms with van der Waals surface area (Å²) in [6.45, 7) is 3.79. The zero-order valence-electron chi connectivity index (χ0n) is 18.5. The Morgan fingerprint density at radius 3 is 2.29 bits per heavy atom. The molecule has 2 aromatic heterocycles. The second-order valence-electron chi connectivity index (χ2n) is 8.05. The summed E-state index contributed by atoms with van der Waals surface area (Å²) >= 11 is 0. The molecule has 0 atom stereocenters. The smallest absolute Gasteiger partial charge is 0.293 e. The zero-order chi connectivity index (χ0) is 23.8. The van der Waals surface area contributed by atoms with Gasteiger partial charge in [-0.15, -0.1) is 0 Å². The van der Waals surface area contributed by atoms with Crippen LogP contribution >= 0.6 is 0 Å². The standard InChI is InChI=1S/C27H20N2O5/c1-15-6-5-7-17(12-15)28-27(32)25-24(18-8-3-4-9-21(18)34-25)29-26(31)23-14-20(30)19-13-16(2)10-11-22(19)33-23/h3-14H,1-2H3,(H,28,32)(H,29,31). The van der Waals surface area contributed by atoms with Crippen LogP contribution in [0, 0.1) is 13.8 Å². The van der Waals surface area contributed by atoms with Gasteiger partial charge in [0, 0.05) is 17.1 Å². The van der Waals surface area contributed by atoms with E-state index in [0.29, 0.717) is 27.6 Å². The van der Waals surface area contributed by atoms with Gasteiger partial charge in [0.15, 0.2) is 11.2 Å². The summed E-state index contributed by atoms with van der Waals surface area (Å²) in [5.41, 5.74) is 3.09. The van der Waals surface area contributed by atoms with Crippen molar-refractivity contribution in [1.82, 2.24) is 0 Å². The van der Waals surface area contributed by atoms with Gasteiger partial charge < -0.3 is 19.5 Å². The first-order valence-electron chi connectivity index (χ1n) is 10.6. The number of hydrogen-bond donors (Lipinski definition) is 2. The van der Waals surface area contributed by atoms with E-state index in [4.69, 9.17) is 8.83 Å². The number of hydrogen-bond acceptors (Lipinski definition) is 5. The second kappa shape index (κ2) is 8.37. The lowest BCUT2D eigenvalue weighted by Gasteiger charge is -2.08. The average molecular weight is 452 g/mol. The Bertz CT molecular complexity index is 1640. The molecule has 0 radical (unpaired) electrons. The highest BCUT2D eigenvalue weighted by Gasteiger charge is 2.24. The number of nitrogens with one attached hydrogen (secondary N) is 2. The van der Waals surface area contributed by atoms with Crippen molar-refractivity contribution in [1.29, 1.82) is 0 Å². The summed E-state index contributed by atoms with van der Waals surface area (Å²) in [5, 5.41) is 6.44. The number of furan rings is 1. The molecule has 2 amide bonds. The predicted octanol–water partition coefficient (Wildman–Crippen LogP) is 5.66. The first-order chi connectivity index (χ1) is 16.4. The number of amides is 2. The number of carbonyl (C=O) groups is 2. The topological polar surface area (TPSA) is 102 Å². The lowest BCUT2D eigenvalue weighted by molar-refractivity contribution is 0.0996. The third-order valence-electron chi connectivity index (χ3n) is 5.42. The molecular formula is C27H20N2O5. The van der Waals surface area contributed by atoms with Crippen LogP contribution in [0.1, 0.15) is 32.2 Å². The van der Waals surface area contributed by atoms with Crippen LogP contribution in [0.15, 0.2) is 86.4 Å². The quantitative estimate of drug-likeness (QED) is 0.366. The molecule has 0 saturated carbocycles. The van der Waals surface area contributed by atoms with Gasteiger partial charge >= 0.3 is 0 Å². The predicted molar refractivity (Wildman–Crippen MR) is 131 cm³/mol. The lowest BCUT2D eigenvalue weighted by Crippen LogP contribution is -2.18.